The molecule has 1 saturated carbocycles. The number of aliphatic hydroxyl groups is 1. The van der Waals surface area contributed by atoms with Gasteiger partial charge >= 0.3 is 0 Å². The topological polar surface area (TPSA) is 20.2 Å². The Hall–Kier alpha value is -0.0400. The fourth-order valence-corrected chi connectivity index (χ4v) is 2.32. The lowest BCUT2D eigenvalue weighted by atomic mass is 9.71. The summed E-state index contributed by atoms with van der Waals surface area (Å²) in [6.45, 7) is 7.25. The Kier molecular flexibility index (Phi) is 2.58. The number of hydrogen-bond acceptors (Lipinski definition) is 1. The lowest BCUT2D eigenvalue weighted by Gasteiger charge is -2.34. The lowest BCUT2D eigenvalue weighted by Crippen LogP contribution is -2.29. The predicted molar refractivity (Wildman–Crippen MR) is 47.4 cm³/mol. The van der Waals surface area contributed by atoms with Gasteiger partial charge in [0.25, 0.3) is 0 Å². The molecule has 0 aromatic carbocycles. The summed E-state index contributed by atoms with van der Waals surface area (Å²) < 4.78 is 0. The second-order valence-electron chi connectivity index (χ2n) is 4.43. The van der Waals surface area contributed by atoms with Crippen molar-refractivity contribution in [3.8, 4) is 0 Å². The average Bonchev–Trinajstić information content (AvgIpc) is 2.32. The van der Waals surface area contributed by atoms with Crippen molar-refractivity contribution in [2.24, 2.45) is 17.3 Å². The molecule has 1 aliphatic carbocycles. The number of rotatable bonds is 2. The van der Waals surface area contributed by atoms with Gasteiger partial charge in [-0.05, 0) is 30.1 Å². The summed E-state index contributed by atoms with van der Waals surface area (Å²) in [6.07, 6.45) is 3.83. The van der Waals surface area contributed by atoms with Crippen LogP contribution >= 0.6 is 0 Å². The second-order valence-corrected chi connectivity index (χ2v) is 4.43. The van der Waals surface area contributed by atoms with E-state index in [0.717, 1.165) is 0 Å². The van der Waals surface area contributed by atoms with Crippen LogP contribution < -0.4 is 0 Å². The molecule has 0 aromatic heterocycles. The van der Waals surface area contributed by atoms with Crippen LogP contribution in [0.1, 0.15) is 40.0 Å². The van der Waals surface area contributed by atoms with Gasteiger partial charge in [0, 0.05) is 6.61 Å². The first-order valence-corrected chi connectivity index (χ1v) is 4.72. The number of hydrogen-bond donors (Lipinski definition) is 1. The SMILES string of the molecule is CC(C)[C@]1(C)CCC[C@@H]1CO. The fourth-order valence-electron chi connectivity index (χ4n) is 2.32. The molecule has 11 heavy (non-hydrogen) atoms. The summed E-state index contributed by atoms with van der Waals surface area (Å²) in [7, 11) is 0. The van der Waals surface area contributed by atoms with E-state index in [-0.39, 0.29) is 0 Å². The van der Waals surface area contributed by atoms with Gasteiger partial charge in [-0.1, -0.05) is 27.2 Å². The van der Waals surface area contributed by atoms with Gasteiger partial charge in [-0.2, -0.15) is 0 Å². The van der Waals surface area contributed by atoms with Gasteiger partial charge in [-0.15, -0.1) is 0 Å². The van der Waals surface area contributed by atoms with Gasteiger partial charge in [0.05, 0.1) is 0 Å². The van der Waals surface area contributed by atoms with Crippen LogP contribution in [-0.4, -0.2) is 11.7 Å². The van der Waals surface area contributed by atoms with Crippen molar-refractivity contribution in [2.75, 3.05) is 6.61 Å². The quantitative estimate of drug-likeness (QED) is 0.651. The van der Waals surface area contributed by atoms with Gasteiger partial charge in [0.2, 0.25) is 0 Å². The molecule has 0 amide bonds. The first-order chi connectivity index (χ1) is 5.11. The molecule has 66 valence electrons. The Balaban J connectivity index is 2.67. The van der Waals surface area contributed by atoms with Crippen molar-refractivity contribution >= 4 is 0 Å². The van der Waals surface area contributed by atoms with Crippen LogP contribution in [0.4, 0.5) is 0 Å². The molecule has 1 fully saturated rings. The van der Waals surface area contributed by atoms with Crippen molar-refractivity contribution < 1.29 is 5.11 Å². The molecule has 2 atom stereocenters. The highest BCUT2D eigenvalue weighted by Gasteiger charge is 2.40. The standard InChI is InChI=1S/C10H20O/c1-8(2)10(3)6-4-5-9(10)7-11/h8-9,11H,4-7H2,1-3H3/t9-,10+/m1/s1. The highest BCUT2D eigenvalue weighted by Crippen LogP contribution is 2.47. The molecule has 1 aliphatic rings. The molecule has 0 saturated heterocycles. The van der Waals surface area contributed by atoms with Gasteiger partial charge < -0.3 is 5.11 Å². The first-order valence-electron chi connectivity index (χ1n) is 4.72. The van der Waals surface area contributed by atoms with E-state index >= 15 is 0 Å². The van der Waals surface area contributed by atoms with Crippen LogP contribution in [0.25, 0.3) is 0 Å². The molecule has 1 nitrogen and oxygen atoms in total. The van der Waals surface area contributed by atoms with Crippen LogP contribution in [0.5, 0.6) is 0 Å². The van der Waals surface area contributed by atoms with E-state index in [4.69, 9.17) is 5.11 Å². The Labute approximate surface area is 69.8 Å². The Bertz CT molecular complexity index is 131. The van der Waals surface area contributed by atoms with Crippen molar-refractivity contribution in [2.45, 2.75) is 40.0 Å². The van der Waals surface area contributed by atoms with E-state index in [9.17, 15) is 0 Å². The maximum absolute atomic E-state index is 9.15. The molecule has 0 unspecified atom stereocenters. The predicted octanol–water partition coefficient (Wildman–Crippen LogP) is 2.44. The van der Waals surface area contributed by atoms with Crippen LogP contribution in [0.2, 0.25) is 0 Å². The zero-order valence-corrected chi connectivity index (χ0v) is 7.93. The third-order valence-corrected chi connectivity index (χ3v) is 3.74. The van der Waals surface area contributed by atoms with Crippen molar-refractivity contribution in [3.63, 3.8) is 0 Å². The summed E-state index contributed by atoms with van der Waals surface area (Å²) in [6, 6.07) is 0. The van der Waals surface area contributed by atoms with Gasteiger partial charge in [0.15, 0.2) is 0 Å². The normalized spacial score (nSPS) is 38.5. The zero-order chi connectivity index (χ0) is 8.48. The third-order valence-electron chi connectivity index (χ3n) is 3.74. The molecular formula is C10H20O. The van der Waals surface area contributed by atoms with E-state index in [1.54, 1.807) is 0 Å². The number of aliphatic hydroxyl groups excluding tert-OH is 1. The first kappa shape index (κ1) is 9.05. The van der Waals surface area contributed by atoms with Crippen LogP contribution in [0.3, 0.4) is 0 Å². The van der Waals surface area contributed by atoms with Crippen molar-refractivity contribution in [3.05, 3.63) is 0 Å². The van der Waals surface area contributed by atoms with E-state index in [2.05, 4.69) is 20.8 Å². The molecule has 0 heterocycles. The molecule has 0 radical (unpaired) electrons. The van der Waals surface area contributed by atoms with E-state index in [1.165, 1.54) is 19.3 Å². The monoisotopic (exact) mass is 156 g/mol. The average molecular weight is 156 g/mol. The van der Waals surface area contributed by atoms with Gasteiger partial charge in [-0.3, -0.25) is 0 Å². The maximum atomic E-state index is 9.15. The minimum atomic E-state index is 0.384. The highest BCUT2D eigenvalue weighted by molar-refractivity contribution is 4.90. The minimum Gasteiger partial charge on any atom is -0.396 e. The molecule has 0 bridgehead atoms. The summed E-state index contributed by atoms with van der Waals surface area (Å²) in [5, 5.41) is 9.15. The zero-order valence-electron chi connectivity index (χ0n) is 7.93. The second kappa shape index (κ2) is 3.14. The summed E-state index contributed by atoms with van der Waals surface area (Å²) in [4.78, 5) is 0. The Morgan fingerprint density at radius 1 is 1.55 bits per heavy atom. The van der Waals surface area contributed by atoms with Crippen molar-refractivity contribution in [1.82, 2.24) is 0 Å². The van der Waals surface area contributed by atoms with Crippen molar-refractivity contribution in [1.29, 1.82) is 0 Å². The molecule has 0 aliphatic heterocycles. The molecule has 1 N–H and O–H groups in total. The molecule has 1 heteroatoms. The third kappa shape index (κ3) is 1.44. The van der Waals surface area contributed by atoms with E-state index in [0.29, 0.717) is 23.9 Å². The largest absolute Gasteiger partial charge is 0.396 e. The molecular weight excluding hydrogens is 136 g/mol. The van der Waals surface area contributed by atoms with Gasteiger partial charge in [0.1, 0.15) is 0 Å². The molecule has 1 rings (SSSR count). The van der Waals surface area contributed by atoms with Crippen LogP contribution in [-0.2, 0) is 0 Å². The minimum absolute atomic E-state index is 0.384. The molecule has 0 aromatic rings. The highest BCUT2D eigenvalue weighted by atomic mass is 16.3. The van der Waals surface area contributed by atoms with Crippen LogP contribution in [0.15, 0.2) is 0 Å². The Morgan fingerprint density at radius 3 is 2.55 bits per heavy atom. The van der Waals surface area contributed by atoms with E-state index in [1.807, 2.05) is 0 Å². The smallest absolute Gasteiger partial charge is 0.0464 e. The molecule has 0 spiro atoms. The summed E-state index contributed by atoms with van der Waals surface area (Å²) in [5.74, 6) is 1.27. The fraction of sp³-hybridized carbons (Fsp3) is 1.00. The Morgan fingerprint density at radius 2 is 2.18 bits per heavy atom. The lowest BCUT2D eigenvalue weighted by molar-refractivity contribution is 0.0884. The summed E-state index contributed by atoms with van der Waals surface area (Å²) in [5.41, 5.74) is 0.411. The van der Waals surface area contributed by atoms with Crippen LogP contribution in [0, 0.1) is 17.3 Å². The maximum Gasteiger partial charge on any atom is 0.0464 e. The van der Waals surface area contributed by atoms with Gasteiger partial charge in [-0.25, -0.2) is 0 Å². The summed E-state index contributed by atoms with van der Waals surface area (Å²) >= 11 is 0. The van der Waals surface area contributed by atoms with E-state index < -0.39 is 0 Å².